The summed E-state index contributed by atoms with van der Waals surface area (Å²) in [4.78, 5) is 0. The predicted molar refractivity (Wildman–Crippen MR) is 54.7 cm³/mol. The van der Waals surface area contributed by atoms with Crippen molar-refractivity contribution in [1.29, 1.82) is 0 Å². The molecule has 0 amide bonds. The third-order valence-electron chi connectivity index (χ3n) is 2.25. The average Bonchev–Trinajstić information content (AvgIpc) is 2.18. The molecule has 0 saturated carbocycles. The lowest BCUT2D eigenvalue weighted by Crippen LogP contribution is -2.09. The Morgan fingerprint density at radius 3 is 2.92 bits per heavy atom. The Hall–Kier alpha value is -1.50. The van der Waals surface area contributed by atoms with Gasteiger partial charge < -0.3 is 4.74 Å². The molecule has 1 aromatic carbocycles. The van der Waals surface area contributed by atoms with Crippen molar-refractivity contribution in [1.82, 2.24) is 0 Å². The predicted octanol–water partition coefficient (Wildman–Crippen LogP) is 3.04. The standard InChI is InChI=1S/C12H12O/c1-3-10-9(2)8-13-12-7-5-4-6-11(10)12/h3-7H,2,8H2,1H3/b10-3+. The molecule has 2 rings (SSSR count). The Kier molecular flexibility index (Phi) is 1.93. The molecular weight excluding hydrogens is 160 g/mol. The minimum absolute atomic E-state index is 0.608. The molecule has 66 valence electrons. The van der Waals surface area contributed by atoms with Crippen molar-refractivity contribution in [3.8, 4) is 5.75 Å². The highest BCUT2D eigenvalue weighted by Gasteiger charge is 2.16. The van der Waals surface area contributed by atoms with Gasteiger partial charge in [-0.2, -0.15) is 0 Å². The molecule has 0 N–H and O–H groups in total. The zero-order valence-corrected chi connectivity index (χ0v) is 7.71. The van der Waals surface area contributed by atoms with Crippen LogP contribution in [-0.2, 0) is 0 Å². The maximum absolute atomic E-state index is 5.53. The van der Waals surface area contributed by atoms with Crippen LogP contribution in [0.5, 0.6) is 5.75 Å². The fourth-order valence-corrected chi connectivity index (χ4v) is 1.61. The maximum atomic E-state index is 5.53. The molecule has 1 aromatic rings. The van der Waals surface area contributed by atoms with Gasteiger partial charge in [-0.05, 0) is 24.1 Å². The highest BCUT2D eigenvalue weighted by molar-refractivity contribution is 5.83. The van der Waals surface area contributed by atoms with Gasteiger partial charge in [-0.3, -0.25) is 0 Å². The summed E-state index contributed by atoms with van der Waals surface area (Å²) in [5, 5.41) is 0. The number of hydrogen-bond donors (Lipinski definition) is 0. The summed E-state index contributed by atoms with van der Waals surface area (Å²) < 4.78 is 5.53. The van der Waals surface area contributed by atoms with Crippen molar-refractivity contribution in [3.05, 3.63) is 48.1 Å². The number of allylic oxidation sites excluding steroid dienone is 1. The van der Waals surface area contributed by atoms with E-state index in [1.54, 1.807) is 0 Å². The summed E-state index contributed by atoms with van der Waals surface area (Å²) >= 11 is 0. The summed E-state index contributed by atoms with van der Waals surface area (Å²) in [7, 11) is 0. The molecule has 0 unspecified atom stereocenters. The zero-order valence-electron chi connectivity index (χ0n) is 7.71. The number of ether oxygens (including phenoxy) is 1. The van der Waals surface area contributed by atoms with Crippen molar-refractivity contribution in [2.75, 3.05) is 6.61 Å². The van der Waals surface area contributed by atoms with Crippen molar-refractivity contribution < 1.29 is 4.74 Å². The molecule has 0 saturated heterocycles. The molecule has 1 nitrogen and oxygen atoms in total. The van der Waals surface area contributed by atoms with Gasteiger partial charge in [0.25, 0.3) is 0 Å². The van der Waals surface area contributed by atoms with E-state index in [9.17, 15) is 0 Å². The van der Waals surface area contributed by atoms with Crippen LogP contribution in [0.1, 0.15) is 12.5 Å². The molecule has 13 heavy (non-hydrogen) atoms. The van der Waals surface area contributed by atoms with Gasteiger partial charge >= 0.3 is 0 Å². The molecule has 1 aliphatic rings. The molecule has 0 radical (unpaired) electrons. The number of para-hydroxylation sites is 1. The van der Waals surface area contributed by atoms with E-state index in [1.165, 1.54) is 5.57 Å². The molecule has 0 aromatic heterocycles. The molecule has 1 heteroatoms. The molecular formula is C12H12O. The Morgan fingerprint density at radius 1 is 1.38 bits per heavy atom. The van der Waals surface area contributed by atoms with E-state index in [0.717, 1.165) is 16.9 Å². The highest BCUT2D eigenvalue weighted by atomic mass is 16.5. The first-order valence-electron chi connectivity index (χ1n) is 4.39. The topological polar surface area (TPSA) is 9.23 Å². The van der Waals surface area contributed by atoms with E-state index in [2.05, 4.69) is 18.7 Å². The van der Waals surface area contributed by atoms with Gasteiger partial charge in [-0.15, -0.1) is 0 Å². The fourth-order valence-electron chi connectivity index (χ4n) is 1.61. The van der Waals surface area contributed by atoms with Gasteiger partial charge in [0.2, 0.25) is 0 Å². The van der Waals surface area contributed by atoms with E-state index in [4.69, 9.17) is 4.74 Å². The van der Waals surface area contributed by atoms with Gasteiger partial charge in [-0.25, -0.2) is 0 Å². The Labute approximate surface area is 78.3 Å². The van der Waals surface area contributed by atoms with Gasteiger partial charge in [-0.1, -0.05) is 30.9 Å². The Morgan fingerprint density at radius 2 is 2.15 bits per heavy atom. The second-order valence-corrected chi connectivity index (χ2v) is 3.09. The van der Waals surface area contributed by atoms with Gasteiger partial charge in [0.15, 0.2) is 0 Å². The molecule has 0 bridgehead atoms. The summed E-state index contributed by atoms with van der Waals surface area (Å²) in [6.45, 7) is 6.61. The van der Waals surface area contributed by atoms with Crippen LogP contribution >= 0.6 is 0 Å². The number of fused-ring (bicyclic) bond motifs is 1. The van der Waals surface area contributed by atoms with Crippen molar-refractivity contribution >= 4 is 5.57 Å². The van der Waals surface area contributed by atoms with Crippen LogP contribution < -0.4 is 4.74 Å². The minimum Gasteiger partial charge on any atom is -0.488 e. The van der Waals surface area contributed by atoms with Crippen LogP contribution in [0.3, 0.4) is 0 Å². The summed E-state index contributed by atoms with van der Waals surface area (Å²) in [6, 6.07) is 8.06. The van der Waals surface area contributed by atoms with Crippen LogP contribution in [0.2, 0.25) is 0 Å². The second-order valence-electron chi connectivity index (χ2n) is 3.09. The second kappa shape index (κ2) is 3.09. The molecule has 0 fully saturated rings. The van der Waals surface area contributed by atoms with Crippen LogP contribution in [0, 0.1) is 0 Å². The van der Waals surface area contributed by atoms with Crippen LogP contribution in [0.4, 0.5) is 0 Å². The lowest BCUT2D eigenvalue weighted by Gasteiger charge is -2.21. The third kappa shape index (κ3) is 1.26. The average molecular weight is 172 g/mol. The maximum Gasteiger partial charge on any atom is 0.127 e. The SMILES string of the molecule is C=C1COc2ccccc2/C1=C/C. The monoisotopic (exact) mass is 172 g/mol. The van der Waals surface area contributed by atoms with E-state index in [0.29, 0.717) is 6.61 Å². The summed E-state index contributed by atoms with van der Waals surface area (Å²) in [5.74, 6) is 0.961. The number of hydrogen-bond acceptors (Lipinski definition) is 1. The molecule has 0 spiro atoms. The van der Waals surface area contributed by atoms with Crippen molar-refractivity contribution in [2.45, 2.75) is 6.92 Å². The van der Waals surface area contributed by atoms with Gasteiger partial charge in [0, 0.05) is 5.56 Å². The molecule has 1 heterocycles. The first kappa shape index (κ1) is 8.11. The molecule has 0 aliphatic carbocycles. The largest absolute Gasteiger partial charge is 0.488 e. The van der Waals surface area contributed by atoms with Crippen molar-refractivity contribution in [3.63, 3.8) is 0 Å². The van der Waals surface area contributed by atoms with Gasteiger partial charge in [0.05, 0.1) is 0 Å². The lowest BCUT2D eigenvalue weighted by molar-refractivity contribution is 0.349. The quantitative estimate of drug-likeness (QED) is 0.584. The van der Waals surface area contributed by atoms with E-state index in [-0.39, 0.29) is 0 Å². The zero-order chi connectivity index (χ0) is 9.26. The summed E-state index contributed by atoms with van der Waals surface area (Å²) in [6.07, 6.45) is 2.09. The van der Waals surface area contributed by atoms with Crippen LogP contribution in [-0.4, -0.2) is 6.61 Å². The van der Waals surface area contributed by atoms with Gasteiger partial charge in [0.1, 0.15) is 12.4 Å². The number of benzene rings is 1. The normalized spacial score (nSPS) is 18.2. The number of rotatable bonds is 0. The third-order valence-corrected chi connectivity index (χ3v) is 2.25. The first-order chi connectivity index (χ1) is 6.33. The van der Waals surface area contributed by atoms with E-state index in [1.807, 2.05) is 25.1 Å². The van der Waals surface area contributed by atoms with Crippen molar-refractivity contribution in [2.24, 2.45) is 0 Å². The highest BCUT2D eigenvalue weighted by Crippen LogP contribution is 2.34. The lowest BCUT2D eigenvalue weighted by atomic mass is 9.96. The molecule has 1 aliphatic heterocycles. The molecule has 0 atom stereocenters. The van der Waals surface area contributed by atoms with E-state index >= 15 is 0 Å². The smallest absolute Gasteiger partial charge is 0.127 e. The summed E-state index contributed by atoms with van der Waals surface area (Å²) in [5.41, 5.74) is 3.42. The van der Waals surface area contributed by atoms with Crippen LogP contribution in [0.25, 0.3) is 5.57 Å². The first-order valence-corrected chi connectivity index (χ1v) is 4.39. The fraction of sp³-hybridized carbons (Fsp3) is 0.167. The minimum atomic E-state index is 0.608. The Bertz CT molecular complexity index is 374. The van der Waals surface area contributed by atoms with Crippen LogP contribution in [0.15, 0.2) is 42.5 Å². The van der Waals surface area contributed by atoms with E-state index < -0.39 is 0 Å². The Balaban J connectivity index is 2.58.